The summed E-state index contributed by atoms with van der Waals surface area (Å²) in [5.74, 6) is 0. The summed E-state index contributed by atoms with van der Waals surface area (Å²) in [7, 11) is 1.69. The van der Waals surface area contributed by atoms with Crippen molar-refractivity contribution in [1.82, 2.24) is 0 Å². The molecule has 0 saturated heterocycles. The summed E-state index contributed by atoms with van der Waals surface area (Å²) in [6.45, 7) is 4.02. The van der Waals surface area contributed by atoms with Crippen LogP contribution in [0.1, 0.15) is 38.4 Å². The Morgan fingerprint density at radius 2 is 2.12 bits per heavy atom. The Hall–Kier alpha value is -0.0900. The van der Waals surface area contributed by atoms with Crippen molar-refractivity contribution in [1.29, 1.82) is 0 Å². The van der Waals surface area contributed by atoms with E-state index in [4.69, 9.17) is 16.3 Å². The van der Waals surface area contributed by atoms with Crippen LogP contribution in [0.25, 0.3) is 0 Å². The van der Waals surface area contributed by atoms with E-state index < -0.39 is 6.10 Å². The molecule has 0 spiro atoms. The molecule has 1 aromatic rings. The summed E-state index contributed by atoms with van der Waals surface area (Å²) < 4.78 is 6.13. The van der Waals surface area contributed by atoms with E-state index in [0.29, 0.717) is 11.4 Å². The monoisotopic (exact) mass is 320 g/mol. The summed E-state index contributed by atoms with van der Waals surface area (Å²) in [5.41, 5.74) is 0.665. The molecule has 0 bridgehead atoms. The van der Waals surface area contributed by atoms with Gasteiger partial charge in [0.05, 0.1) is 16.7 Å². The first kappa shape index (κ1) is 15.0. The Morgan fingerprint density at radius 1 is 1.47 bits per heavy atom. The SMILES string of the molecule is COC(C)(C)CCC(O)c1ccc(Cl)c(Br)c1. The van der Waals surface area contributed by atoms with Gasteiger partial charge in [0.25, 0.3) is 0 Å². The average molecular weight is 322 g/mol. The van der Waals surface area contributed by atoms with Gasteiger partial charge in [0.15, 0.2) is 0 Å². The lowest BCUT2D eigenvalue weighted by molar-refractivity contribution is 0.00278. The maximum absolute atomic E-state index is 10.1. The Balaban J connectivity index is 2.64. The molecule has 2 nitrogen and oxygen atoms in total. The molecule has 1 unspecified atom stereocenters. The molecule has 0 saturated carbocycles. The number of hydrogen-bond acceptors (Lipinski definition) is 2. The highest BCUT2D eigenvalue weighted by molar-refractivity contribution is 9.10. The maximum Gasteiger partial charge on any atom is 0.0791 e. The van der Waals surface area contributed by atoms with Gasteiger partial charge in [-0.15, -0.1) is 0 Å². The molecule has 17 heavy (non-hydrogen) atoms. The van der Waals surface area contributed by atoms with Crippen molar-refractivity contribution in [2.24, 2.45) is 0 Å². The van der Waals surface area contributed by atoms with E-state index in [-0.39, 0.29) is 5.60 Å². The van der Waals surface area contributed by atoms with Crippen molar-refractivity contribution < 1.29 is 9.84 Å². The Bertz CT molecular complexity index is 380. The van der Waals surface area contributed by atoms with Gasteiger partial charge in [-0.2, -0.15) is 0 Å². The van der Waals surface area contributed by atoms with Gasteiger partial charge in [0.1, 0.15) is 0 Å². The van der Waals surface area contributed by atoms with E-state index in [0.717, 1.165) is 16.5 Å². The second-order valence-corrected chi connectivity index (χ2v) is 5.95. The van der Waals surface area contributed by atoms with Gasteiger partial charge in [-0.25, -0.2) is 0 Å². The van der Waals surface area contributed by atoms with Crippen LogP contribution in [0.2, 0.25) is 5.02 Å². The summed E-state index contributed by atoms with van der Waals surface area (Å²) in [4.78, 5) is 0. The lowest BCUT2D eigenvalue weighted by Crippen LogP contribution is -2.23. The molecule has 1 rings (SSSR count). The van der Waals surface area contributed by atoms with Crippen LogP contribution in [0.5, 0.6) is 0 Å². The van der Waals surface area contributed by atoms with Crippen molar-refractivity contribution >= 4 is 27.5 Å². The van der Waals surface area contributed by atoms with E-state index in [1.807, 2.05) is 26.0 Å². The second kappa shape index (κ2) is 6.19. The maximum atomic E-state index is 10.1. The van der Waals surface area contributed by atoms with E-state index in [1.165, 1.54) is 0 Å². The van der Waals surface area contributed by atoms with E-state index in [1.54, 1.807) is 13.2 Å². The van der Waals surface area contributed by atoms with Gasteiger partial charge in [-0.1, -0.05) is 17.7 Å². The summed E-state index contributed by atoms with van der Waals surface area (Å²) >= 11 is 9.26. The minimum absolute atomic E-state index is 0.204. The first-order chi connectivity index (χ1) is 7.85. The number of benzene rings is 1. The standard InChI is InChI=1S/C13H18BrClO2/c1-13(2,17-3)7-6-12(16)9-4-5-11(15)10(14)8-9/h4-5,8,12,16H,6-7H2,1-3H3. The van der Waals surface area contributed by atoms with Crippen LogP contribution in [-0.4, -0.2) is 17.8 Å². The minimum atomic E-state index is -0.488. The largest absolute Gasteiger partial charge is 0.388 e. The molecule has 1 atom stereocenters. The fourth-order valence-corrected chi connectivity index (χ4v) is 1.99. The lowest BCUT2D eigenvalue weighted by atomic mass is 9.97. The molecule has 0 aliphatic carbocycles. The van der Waals surface area contributed by atoms with Gasteiger partial charge in [-0.3, -0.25) is 0 Å². The van der Waals surface area contributed by atoms with Gasteiger partial charge in [0, 0.05) is 11.6 Å². The number of ether oxygens (including phenoxy) is 1. The molecule has 4 heteroatoms. The molecular formula is C13H18BrClO2. The summed E-state index contributed by atoms with van der Waals surface area (Å²) in [5, 5.41) is 10.7. The van der Waals surface area contributed by atoms with Crippen LogP contribution in [0.4, 0.5) is 0 Å². The highest BCUT2D eigenvalue weighted by atomic mass is 79.9. The first-order valence-corrected chi connectivity index (χ1v) is 6.71. The van der Waals surface area contributed by atoms with Gasteiger partial charge in [-0.05, 0) is 60.3 Å². The quantitative estimate of drug-likeness (QED) is 0.874. The van der Waals surface area contributed by atoms with Crippen LogP contribution in [0.3, 0.4) is 0 Å². The second-order valence-electron chi connectivity index (χ2n) is 4.69. The highest BCUT2D eigenvalue weighted by Crippen LogP contribution is 2.29. The zero-order valence-corrected chi connectivity index (χ0v) is 12.7. The van der Waals surface area contributed by atoms with Crippen LogP contribution >= 0.6 is 27.5 Å². The van der Waals surface area contributed by atoms with Crippen molar-refractivity contribution in [2.75, 3.05) is 7.11 Å². The van der Waals surface area contributed by atoms with Crippen LogP contribution in [0, 0.1) is 0 Å². The third kappa shape index (κ3) is 4.59. The number of aliphatic hydroxyl groups is 1. The van der Waals surface area contributed by atoms with Crippen molar-refractivity contribution in [2.45, 2.75) is 38.4 Å². The smallest absolute Gasteiger partial charge is 0.0791 e. The molecule has 0 aromatic heterocycles. The van der Waals surface area contributed by atoms with Crippen LogP contribution in [0.15, 0.2) is 22.7 Å². The van der Waals surface area contributed by atoms with Gasteiger partial charge >= 0.3 is 0 Å². The molecule has 0 amide bonds. The predicted molar refractivity (Wildman–Crippen MR) is 74.4 cm³/mol. The molecule has 0 radical (unpaired) electrons. The molecular weight excluding hydrogens is 303 g/mol. The van der Waals surface area contributed by atoms with Crippen molar-refractivity contribution in [3.8, 4) is 0 Å². The number of aliphatic hydroxyl groups excluding tert-OH is 1. The van der Waals surface area contributed by atoms with E-state index >= 15 is 0 Å². The molecule has 0 aliphatic rings. The van der Waals surface area contributed by atoms with E-state index in [2.05, 4.69) is 15.9 Å². The molecule has 96 valence electrons. The van der Waals surface area contributed by atoms with E-state index in [9.17, 15) is 5.11 Å². The Morgan fingerprint density at radius 3 is 2.65 bits per heavy atom. The Kier molecular flexibility index (Phi) is 5.45. The molecule has 1 aromatic carbocycles. The minimum Gasteiger partial charge on any atom is -0.388 e. The molecule has 0 aliphatic heterocycles. The molecule has 0 fully saturated rings. The fourth-order valence-electron chi connectivity index (χ4n) is 1.47. The number of methoxy groups -OCH3 is 1. The third-order valence-corrected chi connectivity index (χ3v) is 4.11. The third-order valence-electron chi connectivity index (χ3n) is 2.90. The van der Waals surface area contributed by atoms with Crippen molar-refractivity contribution in [3.63, 3.8) is 0 Å². The summed E-state index contributed by atoms with van der Waals surface area (Å²) in [6, 6.07) is 5.48. The zero-order valence-electron chi connectivity index (χ0n) is 10.3. The number of halogens is 2. The highest BCUT2D eigenvalue weighted by Gasteiger charge is 2.19. The number of rotatable bonds is 5. The zero-order chi connectivity index (χ0) is 13.1. The lowest BCUT2D eigenvalue weighted by Gasteiger charge is -2.24. The summed E-state index contributed by atoms with van der Waals surface area (Å²) in [6.07, 6.45) is 0.970. The fraction of sp³-hybridized carbons (Fsp3) is 0.538. The molecule has 1 N–H and O–H groups in total. The molecule has 0 heterocycles. The van der Waals surface area contributed by atoms with Crippen LogP contribution < -0.4 is 0 Å². The van der Waals surface area contributed by atoms with Gasteiger partial charge < -0.3 is 9.84 Å². The number of hydrogen-bond donors (Lipinski definition) is 1. The predicted octanol–water partition coefficient (Wildman–Crippen LogP) is 4.34. The average Bonchev–Trinajstić information content (AvgIpc) is 2.30. The van der Waals surface area contributed by atoms with Crippen LogP contribution in [-0.2, 0) is 4.74 Å². The van der Waals surface area contributed by atoms with Crippen molar-refractivity contribution in [3.05, 3.63) is 33.3 Å². The topological polar surface area (TPSA) is 29.5 Å². The van der Waals surface area contributed by atoms with Gasteiger partial charge in [0.2, 0.25) is 0 Å². The normalized spacial score (nSPS) is 13.8. The Labute approximate surface area is 116 Å². The first-order valence-electron chi connectivity index (χ1n) is 5.54.